The number of fused-ring (bicyclic) bond motifs is 1. The van der Waals surface area contributed by atoms with Crippen LogP contribution in [0.1, 0.15) is 23.6 Å². The molecular weight excluding hydrogens is 174 g/mol. The largest absolute Gasteiger partial charge is 0.398 e. The van der Waals surface area contributed by atoms with Crippen LogP contribution in [-0.2, 0) is 11.2 Å². The van der Waals surface area contributed by atoms with Crippen molar-refractivity contribution in [2.24, 2.45) is 5.73 Å². The number of carbonyl (C=O) groups excluding carboxylic acids is 1. The van der Waals surface area contributed by atoms with E-state index in [2.05, 4.69) is 0 Å². The van der Waals surface area contributed by atoms with Crippen LogP contribution in [0.5, 0.6) is 0 Å². The monoisotopic (exact) mass is 187 g/mol. The first-order valence-corrected chi connectivity index (χ1v) is 4.69. The fraction of sp³-hybridized carbons (Fsp3) is 0.250. The Labute approximate surface area is 83.4 Å². The fourth-order valence-corrected chi connectivity index (χ4v) is 1.90. The van der Waals surface area contributed by atoms with Gasteiger partial charge in [0.05, 0.1) is 0 Å². The van der Waals surface area contributed by atoms with Crippen molar-refractivity contribution in [2.75, 3.05) is 0 Å². The smallest absolute Gasteiger partial charge is 0.165 e. The molecule has 2 heteroatoms. The Bertz CT molecular complexity index is 444. The molecule has 1 aromatic rings. The van der Waals surface area contributed by atoms with E-state index in [1.807, 2.05) is 25.1 Å². The van der Waals surface area contributed by atoms with Crippen molar-refractivity contribution in [1.82, 2.24) is 0 Å². The summed E-state index contributed by atoms with van der Waals surface area (Å²) in [6, 6.07) is 5.96. The first kappa shape index (κ1) is 9.00. The molecule has 0 fully saturated rings. The first-order chi connectivity index (χ1) is 6.61. The molecule has 1 aliphatic rings. The Morgan fingerprint density at radius 2 is 2.00 bits per heavy atom. The molecule has 2 N–H and O–H groups in total. The van der Waals surface area contributed by atoms with E-state index in [-0.39, 0.29) is 5.78 Å². The molecule has 0 spiro atoms. The number of rotatable bonds is 0. The Kier molecular flexibility index (Phi) is 1.92. The highest BCUT2D eigenvalue weighted by Gasteiger charge is 2.21. The molecule has 0 atom stereocenters. The molecule has 0 aromatic heterocycles. The molecular formula is C12H13NO. The maximum atomic E-state index is 11.5. The van der Waals surface area contributed by atoms with Crippen LogP contribution in [0.25, 0.3) is 5.70 Å². The number of carbonyl (C=O) groups is 1. The number of nitrogens with two attached hydrogens (primary N) is 1. The normalized spacial score (nSPS) is 15.7. The van der Waals surface area contributed by atoms with Gasteiger partial charge in [0.15, 0.2) is 5.78 Å². The van der Waals surface area contributed by atoms with Gasteiger partial charge in [-0.25, -0.2) is 0 Å². The summed E-state index contributed by atoms with van der Waals surface area (Å²) in [7, 11) is 0. The summed E-state index contributed by atoms with van der Waals surface area (Å²) in [6.07, 6.45) is 0.490. The summed E-state index contributed by atoms with van der Waals surface area (Å²) in [4.78, 5) is 11.5. The van der Waals surface area contributed by atoms with Gasteiger partial charge in [-0.15, -0.1) is 0 Å². The number of benzene rings is 1. The predicted octanol–water partition coefficient (Wildman–Crippen LogP) is 1.81. The maximum Gasteiger partial charge on any atom is 0.165 e. The Morgan fingerprint density at radius 1 is 1.29 bits per heavy atom. The average molecular weight is 187 g/mol. The van der Waals surface area contributed by atoms with E-state index < -0.39 is 0 Å². The maximum absolute atomic E-state index is 11.5. The Morgan fingerprint density at radius 3 is 2.71 bits per heavy atom. The molecule has 0 heterocycles. The van der Waals surface area contributed by atoms with Crippen LogP contribution >= 0.6 is 0 Å². The van der Waals surface area contributed by atoms with Gasteiger partial charge < -0.3 is 5.73 Å². The topological polar surface area (TPSA) is 43.1 Å². The SMILES string of the molecule is CC1=C(N)c2c(C)cccc2CC1=O. The van der Waals surface area contributed by atoms with Crippen molar-refractivity contribution in [2.45, 2.75) is 20.3 Å². The van der Waals surface area contributed by atoms with E-state index in [0.29, 0.717) is 17.7 Å². The summed E-state index contributed by atoms with van der Waals surface area (Å²) in [6.45, 7) is 3.82. The Hall–Kier alpha value is -1.57. The molecule has 1 aromatic carbocycles. The average Bonchev–Trinajstić information content (AvgIpc) is 2.14. The third-order valence-corrected chi connectivity index (χ3v) is 2.80. The lowest BCUT2D eigenvalue weighted by Crippen LogP contribution is -2.18. The molecule has 0 radical (unpaired) electrons. The van der Waals surface area contributed by atoms with E-state index >= 15 is 0 Å². The van der Waals surface area contributed by atoms with Gasteiger partial charge in [0.25, 0.3) is 0 Å². The van der Waals surface area contributed by atoms with Gasteiger partial charge in [-0.3, -0.25) is 4.79 Å². The lowest BCUT2D eigenvalue weighted by molar-refractivity contribution is -0.115. The van der Waals surface area contributed by atoms with Crippen molar-refractivity contribution < 1.29 is 4.79 Å². The zero-order chi connectivity index (χ0) is 10.3. The standard InChI is InChI=1S/C12H13NO/c1-7-4-3-5-9-6-10(14)8(2)12(13)11(7)9/h3-5H,6,13H2,1-2H3. The zero-order valence-corrected chi connectivity index (χ0v) is 8.42. The van der Waals surface area contributed by atoms with E-state index in [4.69, 9.17) is 5.73 Å². The van der Waals surface area contributed by atoms with Crippen LogP contribution in [0.3, 0.4) is 0 Å². The number of hydrogen-bond donors (Lipinski definition) is 1. The van der Waals surface area contributed by atoms with Crippen LogP contribution in [0.15, 0.2) is 23.8 Å². The van der Waals surface area contributed by atoms with E-state index in [1.54, 1.807) is 6.92 Å². The minimum absolute atomic E-state index is 0.139. The van der Waals surface area contributed by atoms with Crippen molar-refractivity contribution in [1.29, 1.82) is 0 Å². The summed E-state index contributed by atoms with van der Waals surface area (Å²) >= 11 is 0. The lowest BCUT2D eigenvalue weighted by Gasteiger charge is -2.19. The molecule has 0 bridgehead atoms. The number of allylic oxidation sites excluding steroid dienone is 1. The van der Waals surface area contributed by atoms with Gasteiger partial charge in [-0.2, -0.15) is 0 Å². The van der Waals surface area contributed by atoms with Crippen molar-refractivity contribution in [3.63, 3.8) is 0 Å². The van der Waals surface area contributed by atoms with Crippen LogP contribution < -0.4 is 5.73 Å². The van der Waals surface area contributed by atoms with Crippen LogP contribution in [-0.4, -0.2) is 5.78 Å². The second kappa shape index (κ2) is 2.98. The number of hydrogen-bond acceptors (Lipinski definition) is 2. The van der Waals surface area contributed by atoms with E-state index in [1.165, 1.54) is 0 Å². The molecule has 2 nitrogen and oxygen atoms in total. The van der Waals surface area contributed by atoms with Crippen molar-refractivity contribution >= 4 is 11.5 Å². The quantitative estimate of drug-likeness (QED) is 0.673. The zero-order valence-electron chi connectivity index (χ0n) is 8.42. The minimum atomic E-state index is 0.139. The van der Waals surface area contributed by atoms with Gasteiger partial charge >= 0.3 is 0 Å². The van der Waals surface area contributed by atoms with Gasteiger partial charge in [0, 0.05) is 23.3 Å². The van der Waals surface area contributed by atoms with Crippen LogP contribution in [0.2, 0.25) is 0 Å². The molecule has 0 saturated carbocycles. The fourth-order valence-electron chi connectivity index (χ4n) is 1.90. The third-order valence-electron chi connectivity index (χ3n) is 2.80. The summed E-state index contributed by atoms with van der Waals surface area (Å²) < 4.78 is 0. The minimum Gasteiger partial charge on any atom is -0.398 e. The summed E-state index contributed by atoms with van der Waals surface area (Å²) in [5.41, 5.74) is 10.5. The van der Waals surface area contributed by atoms with Gasteiger partial charge in [0.1, 0.15) is 0 Å². The molecule has 0 amide bonds. The number of Topliss-reactive ketones (excluding diaryl/α,β-unsaturated/α-hetero) is 1. The molecule has 0 saturated heterocycles. The second-order valence-electron chi connectivity index (χ2n) is 3.75. The number of ketones is 1. The number of aryl methyl sites for hydroxylation is 1. The van der Waals surface area contributed by atoms with Crippen LogP contribution in [0.4, 0.5) is 0 Å². The third kappa shape index (κ3) is 1.15. The highest BCUT2D eigenvalue weighted by Crippen LogP contribution is 2.28. The summed E-state index contributed by atoms with van der Waals surface area (Å²) in [5, 5.41) is 0. The predicted molar refractivity (Wildman–Crippen MR) is 56.7 cm³/mol. The van der Waals surface area contributed by atoms with Crippen molar-refractivity contribution in [3.05, 3.63) is 40.5 Å². The van der Waals surface area contributed by atoms with E-state index in [9.17, 15) is 4.79 Å². The Balaban J connectivity index is 2.73. The van der Waals surface area contributed by atoms with Crippen LogP contribution in [0, 0.1) is 6.92 Å². The van der Waals surface area contributed by atoms with Crippen molar-refractivity contribution in [3.8, 4) is 0 Å². The first-order valence-electron chi connectivity index (χ1n) is 4.69. The molecule has 72 valence electrons. The summed E-state index contributed by atoms with van der Waals surface area (Å²) in [5.74, 6) is 0.139. The molecule has 1 aliphatic carbocycles. The highest BCUT2D eigenvalue weighted by molar-refractivity contribution is 6.06. The van der Waals surface area contributed by atoms with Gasteiger partial charge in [-0.1, -0.05) is 18.2 Å². The second-order valence-corrected chi connectivity index (χ2v) is 3.75. The van der Waals surface area contributed by atoms with Gasteiger partial charge in [0.2, 0.25) is 0 Å². The molecule has 0 unspecified atom stereocenters. The molecule has 2 rings (SSSR count). The van der Waals surface area contributed by atoms with Gasteiger partial charge in [-0.05, 0) is 25.0 Å². The lowest BCUT2D eigenvalue weighted by atomic mass is 9.87. The highest BCUT2D eigenvalue weighted by atomic mass is 16.1. The van der Waals surface area contributed by atoms with E-state index in [0.717, 1.165) is 16.7 Å². The molecule has 0 aliphatic heterocycles. The molecule has 14 heavy (non-hydrogen) atoms.